The van der Waals surface area contributed by atoms with Gasteiger partial charge in [0, 0.05) is 14.1 Å². The van der Waals surface area contributed by atoms with Crippen molar-refractivity contribution in [3.63, 3.8) is 0 Å². The SMILES string of the molecule is Cc1ccc(C(=O)O)cc1S(=O)(=O)CC(=O)N(C)C. The Bertz CT molecular complexity index is 619. The molecule has 0 saturated heterocycles. The molecular formula is C12H15NO5S. The van der Waals surface area contributed by atoms with Gasteiger partial charge in [-0.15, -0.1) is 0 Å². The van der Waals surface area contributed by atoms with Gasteiger partial charge in [-0.25, -0.2) is 13.2 Å². The van der Waals surface area contributed by atoms with Crippen LogP contribution < -0.4 is 0 Å². The quantitative estimate of drug-likeness (QED) is 0.872. The van der Waals surface area contributed by atoms with E-state index >= 15 is 0 Å². The molecule has 1 amide bonds. The number of carbonyl (C=O) groups excluding carboxylic acids is 1. The summed E-state index contributed by atoms with van der Waals surface area (Å²) in [6.07, 6.45) is 0. The number of carbonyl (C=O) groups is 2. The first-order valence-corrected chi connectivity index (χ1v) is 7.07. The lowest BCUT2D eigenvalue weighted by Gasteiger charge is -2.12. The minimum atomic E-state index is -3.85. The van der Waals surface area contributed by atoms with E-state index in [1.165, 1.54) is 31.1 Å². The maximum absolute atomic E-state index is 12.1. The second-order valence-corrected chi connectivity index (χ2v) is 6.29. The Hall–Kier alpha value is -1.89. The minimum absolute atomic E-state index is 0.123. The summed E-state index contributed by atoms with van der Waals surface area (Å²) in [4.78, 5) is 23.4. The van der Waals surface area contributed by atoms with Crippen LogP contribution in [0.5, 0.6) is 0 Å². The maximum Gasteiger partial charge on any atom is 0.335 e. The van der Waals surface area contributed by atoms with Crippen LogP contribution in [0.15, 0.2) is 23.1 Å². The molecule has 1 aromatic carbocycles. The third-order valence-corrected chi connectivity index (χ3v) is 4.32. The summed E-state index contributed by atoms with van der Waals surface area (Å²) in [5.41, 5.74) is 0.290. The number of aryl methyl sites for hydroxylation is 1. The highest BCUT2D eigenvalue weighted by atomic mass is 32.2. The standard InChI is InChI=1S/C12H15NO5S/c1-8-4-5-9(12(15)16)6-10(8)19(17,18)7-11(14)13(2)3/h4-6H,7H2,1-3H3,(H,15,16). The Balaban J connectivity index is 3.24. The molecule has 0 unspecified atom stereocenters. The molecule has 0 atom stereocenters. The van der Waals surface area contributed by atoms with E-state index in [1.807, 2.05) is 0 Å². The van der Waals surface area contributed by atoms with Crippen molar-refractivity contribution in [2.24, 2.45) is 0 Å². The van der Waals surface area contributed by atoms with Crippen molar-refractivity contribution >= 4 is 21.7 Å². The van der Waals surface area contributed by atoms with Crippen LogP contribution in [0.3, 0.4) is 0 Å². The summed E-state index contributed by atoms with van der Waals surface area (Å²) in [6.45, 7) is 1.55. The van der Waals surface area contributed by atoms with Gasteiger partial charge in [-0.1, -0.05) is 6.07 Å². The van der Waals surface area contributed by atoms with Crippen LogP contribution in [0.2, 0.25) is 0 Å². The van der Waals surface area contributed by atoms with Crippen LogP contribution in [0, 0.1) is 6.92 Å². The average molecular weight is 285 g/mol. The monoisotopic (exact) mass is 285 g/mol. The van der Waals surface area contributed by atoms with Crippen molar-refractivity contribution in [2.75, 3.05) is 19.8 Å². The van der Waals surface area contributed by atoms with Gasteiger partial charge < -0.3 is 10.0 Å². The predicted octanol–water partition coefficient (Wildman–Crippen LogP) is 0.555. The summed E-state index contributed by atoms with van der Waals surface area (Å²) in [6, 6.07) is 3.82. The third kappa shape index (κ3) is 3.54. The van der Waals surface area contributed by atoms with Gasteiger partial charge in [-0.05, 0) is 24.6 Å². The lowest BCUT2D eigenvalue weighted by atomic mass is 10.1. The smallest absolute Gasteiger partial charge is 0.335 e. The highest BCUT2D eigenvalue weighted by Crippen LogP contribution is 2.19. The molecule has 0 aromatic heterocycles. The minimum Gasteiger partial charge on any atom is -0.478 e. The first-order chi connectivity index (χ1) is 8.65. The zero-order valence-electron chi connectivity index (χ0n) is 10.9. The highest BCUT2D eigenvalue weighted by Gasteiger charge is 2.23. The molecular weight excluding hydrogens is 270 g/mol. The van der Waals surface area contributed by atoms with Crippen molar-refractivity contribution in [1.82, 2.24) is 4.90 Å². The van der Waals surface area contributed by atoms with Gasteiger partial charge in [-0.3, -0.25) is 4.79 Å². The molecule has 0 aliphatic carbocycles. The maximum atomic E-state index is 12.1. The van der Waals surface area contributed by atoms with Crippen molar-refractivity contribution in [3.05, 3.63) is 29.3 Å². The molecule has 0 radical (unpaired) electrons. The van der Waals surface area contributed by atoms with E-state index in [-0.39, 0.29) is 10.5 Å². The molecule has 6 nitrogen and oxygen atoms in total. The van der Waals surface area contributed by atoms with Crippen LogP contribution in [-0.2, 0) is 14.6 Å². The molecule has 1 rings (SSSR count). The Morgan fingerprint density at radius 1 is 1.26 bits per heavy atom. The summed E-state index contributed by atoms with van der Waals surface area (Å²) in [5.74, 6) is -2.44. The molecule has 0 fully saturated rings. The molecule has 7 heteroatoms. The van der Waals surface area contributed by atoms with E-state index in [9.17, 15) is 18.0 Å². The topological polar surface area (TPSA) is 91.7 Å². The molecule has 1 N–H and O–H groups in total. The van der Waals surface area contributed by atoms with E-state index in [4.69, 9.17) is 5.11 Å². The zero-order valence-corrected chi connectivity index (χ0v) is 11.7. The van der Waals surface area contributed by atoms with Crippen LogP contribution >= 0.6 is 0 Å². The van der Waals surface area contributed by atoms with Crippen LogP contribution in [-0.4, -0.2) is 50.1 Å². The van der Waals surface area contributed by atoms with Gasteiger partial charge in [-0.2, -0.15) is 0 Å². The Labute approximate surface area is 111 Å². The highest BCUT2D eigenvalue weighted by molar-refractivity contribution is 7.92. The molecule has 1 aromatic rings. The van der Waals surface area contributed by atoms with Gasteiger partial charge in [0.15, 0.2) is 9.84 Å². The van der Waals surface area contributed by atoms with Gasteiger partial charge in [0.05, 0.1) is 10.5 Å². The fourth-order valence-electron chi connectivity index (χ4n) is 1.44. The van der Waals surface area contributed by atoms with E-state index in [2.05, 4.69) is 0 Å². The number of hydrogen-bond acceptors (Lipinski definition) is 4. The molecule has 0 aliphatic rings. The van der Waals surface area contributed by atoms with Crippen LogP contribution in [0.4, 0.5) is 0 Å². The lowest BCUT2D eigenvalue weighted by Crippen LogP contribution is -2.29. The Morgan fingerprint density at radius 3 is 2.32 bits per heavy atom. The number of amides is 1. The van der Waals surface area contributed by atoms with Gasteiger partial charge in [0.1, 0.15) is 5.75 Å². The predicted molar refractivity (Wildman–Crippen MR) is 68.9 cm³/mol. The first kappa shape index (κ1) is 15.2. The molecule has 0 spiro atoms. The number of benzene rings is 1. The molecule has 0 bridgehead atoms. The number of rotatable bonds is 4. The number of aromatic carboxylic acids is 1. The average Bonchev–Trinajstić information content (AvgIpc) is 2.28. The van der Waals surface area contributed by atoms with Crippen molar-refractivity contribution in [1.29, 1.82) is 0 Å². The van der Waals surface area contributed by atoms with Gasteiger partial charge in [0.2, 0.25) is 5.91 Å². The van der Waals surface area contributed by atoms with Gasteiger partial charge >= 0.3 is 5.97 Å². The molecule has 0 heterocycles. The normalized spacial score (nSPS) is 11.1. The Kier molecular flexibility index (Phi) is 4.31. The number of carboxylic acids is 1. The third-order valence-electron chi connectivity index (χ3n) is 2.58. The lowest BCUT2D eigenvalue weighted by molar-refractivity contribution is -0.125. The van der Waals surface area contributed by atoms with Crippen molar-refractivity contribution < 1.29 is 23.1 Å². The Morgan fingerprint density at radius 2 is 1.84 bits per heavy atom. The zero-order chi connectivity index (χ0) is 14.8. The van der Waals surface area contributed by atoms with E-state index < -0.39 is 27.5 Å². The number of nitrogens with zero attached hydrogens (tertiary/aromatic N) is 1. The number of carboxylic acid groups (broad SMARTS) is 1. The van der Waals surface area contributed by atoms with E-state index in [0.717, 1.165) is 6.07 Å². The summed E-state index contributed by atoms with van der Waals surface area (Å²) >= 11 is 0. The second-order valence-electron chi connectivity index (χ2n) is 4.33. The molecule has 0 aliphatic heterocycles. The largest absolute Gasteiger partial charge is 0.478 e. The van der Waals surface area contributed by atoms with Crippen molar-refractivity contribution in [3.8, 4) is 0 Å². The van der Waals surface area contributed by atoms with Crippen LogP contribution in [0.1, 0.15) is 15.9 Å². The number of hydrogen-bond donors (Lipinski definition) is 1. The summed E-state index contributed by atoms with van der Waals surface area (Å²) in [5, 5.41) is 8.87. The molecule has 104 valence electrons. The molecule has 19 heavy (non-hydrogen) atoms. The number of sulfone groups is 1. The second kappa shape index (κ2) is 5.40. The van der Waals surface area contributed by atoms with Crippen molar-refractivity contribution in [2.45, 2.75) is 11.8 Å². The molecule has 0 saturated carbocycles. The van der Waals surface area contributed by atoms with E-state index in [1.54, 1.807) is 6.92 Å². The fraction of sp³-hybridized carbons (Fsp3) is 0.333. The van der Waals surface area contributed by atoms with E-state index in [0.29, 0.717) is 5.56 Å². The van der Waals surface area contributed by atoms with Gasteiger partial charge in [0.25, 0.3) is 0 Å². The first-order valence-electron chi connectivity index (χ1n) is 5.42. The van der Waals surface area contributed by atoms with Crippen LogP contribution in [0.25, 0.3) is 0 Å². The summed E-state index contributed by atoms with van der Waals surface area (Å²) < 4.78 is 24.2. The fourth-order valence-corrected chi connectivity index (χ4v) is 3.04. The summed E-state index contributed by atoms with van der Waals surface area (Å²) in [7, 11) is -0.932.